The first kappa shape index (κ1) is 22.0. The van der Waals surface area contributed by atoms with Gasteiger partial charge in [-0.05, 0) is 50.2 Å². The van der Waals surface area contributed by atoms with Crippen molar-refractivity contribution in [3.8, 4) is 11.5 Å². The van der Waals surface area contributed by atoms with E-state index in [9.17, 15) is 9.59 Å². The topological polar surface area (TPSA) is 130 Å². The van der Waals surface area contributed by atoms with Crippen LogP contribution in [0.15, 0.2) is 78.1 Å². The van der Waals surface area contributed by atoms with Crippen LogP contribution in [-0.2, 0) is 0 Å². The number of aromatic amines is 1. The summed E-state index contributed by atoms with van der Waals surface area (Å²) in [4.78, 5) is 37.4. The Hall–Kier alpha value is -4.86. The number of rotatable bonds is 6. The lowest BCUT2D eigenvalue weighted by atomic mass is 10.1. The molecule has 174 valence electrons. The number of benzene rings is 1. The Morgan fingerprint density at radius 1 is 1.06 bits per heavy atom. The average Bonchev–Trinajstić information content (AvgIpc) is 3.35. The zero-order chi connectivity index (χ0) is 24.4. The summed E-state index contributed by atoms with van der Waals surface area (Å²) in [5, 5.41) is 14.6. The van der Waals surface area contributed by atoms with E-state index < -0.39 is 5.91 Å². The number of nitrogens with one attached hydrogen (secondary N) is 3. The normalized spacial score (nSPS) is 11.1. The first-order valence-electron chi connectivity index (χ1n) is 11.0. The molecular formula is C25H22N8O2. The Kier molecular flexibility index (Phi) is 5.76. The van der Waals surface area contributed by atoms with Gasteiger partial charge in [0.25, 0.3) is 5.91 Å². The molecule has 0 aliphatic heterocycles. The van der Waals surface area contributed by atoms with E-state index in [0.29, 0.717) is 39.6 Å². The molecule has 0 aliphatic rings. The van der Waals surface area contributed by atoms with E-state index in [-0.39, 0.29) is 17.2 Å². The first-order valence-corrected chi connectivity index (χ1v) is 11.0. The van der Waals surface area contributed by atoms with Crippen molar-refractivity contribution in [3.05, 3.63) is 89.2 Å². The molecule has 0 aliphatic carbocycles. The van der Waals surface area contributed by atoms with Crippen LogP contribution in [0.2, 0.25) is 0 Å². The molecule has 35 heavy (non-hydrogen) atoms. The van der Waals surface area contributed by atoms with E-state index in [1.54, 1.807) is 49.1 Å². The summed E-state index contributed by atoms with van der Waals surface area (Å²) in [6.45, 7) is 4.09. The zero-order valence-electron chi connectivity index (χ0n) is 19.1. The number of nitrogens with zero attached hydrogens (tertiary/aromatic N) is 5. The number of carbonyl (C=O) groups is 1. The van der Waals surface area contributed by atoms with E-state index in [2.05, 4.69) is 35.8 Å². The Labute approximate surface area is 200 Å². The molecule has 0 bridgehead atoms. The number of carbonyl (C=O) groups excluding carboxylic acids is 1. The van der Waals surface area contributed by atoms with Crippen LogP contribution in [0.1, 0.15) is 30.4 Å². The number of anilines is 3. The number of pyridine rings is 3. The second-order valence-corrected chi connectivity index (χ2v) is 8.15. The second kappa shape index (κ2) is 9.18. The molecule has 5 rings (SSSR count). The van der Waals surface area contributed by atoms with Crippen molar-refractivity contribution in [2.45, 2.75) is 19.9 Å². The third kappa shape index (κ3) is 4.49. The van der Waals surface area contributed by atoms with Crippen LogP contribution >= 0.6 is 0 Å². The lowest BCUT2D eigenvalue weighted by Crippen LogP contribution is -2.17. The predicted molar refractivity (Wildman–Crippen MR) is 134 cm³/mol. The molecule has 0 spiro atoms. The molecule has 5 aromatic rings. The highest BCUT2D eigenvalue weighted by Crippen LogP contribution is 2.25. The average molecular weight is 467 g/mol. The number of H-pyrrole nitrogens is 1. The third-order valence-corrected chi connectivity index (χ3v) is 5.41. The van der Waals surface area contributed by atoms with Crippen molar-refractivity contribution < 1.29 is 4.79 Å². The number of hydrogen-bond donors (Lipinski definition) is 3. The fourth-order valence-electron chi connectivity index (χ4n) is 3.74. The van der Waals surface area contributed by atoms with Gasteiger partial charge in [-0.15, -0.1) is 10.2 Å². The zero-order valence-corrected chi connectivity index (χ0v) is 19.1. The summed E-state index contributed by atoms with van der Waals surface area (Å²) in [5.74, 6) is 0.786. The summed E-state index contributed by atoms with van der Waals surface area (Å²) in [6, 6.07) is 15.7. The number of amides is 1. The molecule has 0 atom stereocenters. The molecule has 1 amide bonds. The summed E-state index contributed by atoms with van der Waals surface area (Å²) in [7, 11) is 0. The predicted octanol–water partition coefficient (Wildman–Crippen LogP) is 4.15. The van der Waals surface area contributed by atoms with Gasteiger partial charge in [0.05, 0.1) is 16.6 Å². The lowest BCUT2D eigenvalue weighted by molar-refractivity contribution is 0.102. The minimum absolute atomic E-state index is 0.157. The lowest BCUT2D eigenvalue weighted by Gasteiger charge is -2.12. The van der Waals surface area contributed by atoms with Crippen LogP contribution in [0, 0.1) is 0 Å². The number of aromatic nitrogens is 6. The summed E-state index contributed by atoms with van der Waals surface area (Å²) in [5.41, 5.74) is 2.20. The van der Waals surface area contributed by atoms with E-state index in [0.717, 1.165) is 0 Å². The van der Waals surface area contributed by atoms with Crippen molar-refractivity contribution in [3.63, 3.8) is 0 Å². The Morgan fingerprint density at radius 2 is 1.86 bits per heavy atom. The fraction of sp³-hybridized carbons (Fsp3) is 0.120. The van der Waals surface area contributed by atoms with Gasteiger partial charge in [0.15, 0.2) is 11.3 Å². The maximum absolute atomic E-state index is 13.0. The van der Waals surface area contributed by atoms with Crippen LogP contribution in [0.5, 0.6) is 0 Å². The molecule has 1 aromatic carbocycles. The van der Waals surface area contributed by atoms with Gasteiger partial charge < -0.3 is 20.2 Å². The third-order valence-electron chi connectivity index (χ3n) is 5.41. The van der Waals surface area contributed by atoms with Crippen LogP contribution in [0.4, 0.5) is 17.2 Å². The van der Waals surface area contributed by atoms with Crippen molar-refractivity contribution in [1.82, 2.24) is 29.7 Å². The van der Waals surface area contributed by atoms with Gasteiger partial charge in [0.1, 0.15) is 23.5 Å². The van der Waals surface area contributed by atoms with Crippen LogP contribution in [0.3, 0.4) is 0 Å². The second-order valence-electron chi connectivity index (χ2n) is 8.15. The minimum atomic E-state index is -0.419. The molecule has 3 N–H and O–H groups in total. The van der Waals surface area contributed by atoms with Crippen molar-refractivity contribution >= 4 is 34.0 Å². The van der Waals surface area contributed by atoms with E-state index in [4.69, 9.17) is 0 Å². The molecule has 0 saturated carbocycles. The quantitative estimate of drug-likeness (QED) is 0.343. The Bertz CT molecular complexity index is 1570. The molecule has 4 aromatic heterocycles. The largest absolute Gasteiger partial charge is 0.350 e. The molecule has 0 radical (unpaired) electrons. The fourth-order valence-corrected chi connectivity index (χ4v) is 3.74. The van der Waals surface area contributed by atoms with Crippen LogP contribution < -0.4 is 16.1 Å². The SMILES string of the molecule is CC(C)n1cnnc1-c1cccc(Nc2cccc3[nH]c(C(=O)Nc4ccncc4)cc(=O)c23)n1. The molecule has 10 nitrogen and oxygen atoms in total. The van der Waals surface area contributed by atoms with Gasteiger partial charge in [-0.1, -0.05) is 12.1 Å². The molecule has 0 saturated heterocycles. The van der Waals surface area contributed by atoms with Gasteiger partial charge in [0.2, 0.25) is 0 Å². The smallest absolute Gasteiger partial charge is 0.272 e. The maximum atomic E-state index is 13.0. The van der Waals surface area contributed by atoms with Gasteiger partial charge in [-0.25, -0.2) is 4.98 Å². The van der Waals surface area contributed by atoms with Gasteiger partial charge in [-0.2, -0.15) is 0 Å². The molecular weight excluding hydrogens is 444 g/mol. The maximum Gasteiger partial charge on any atom is 0.272 e. The van der Waals surface area contributed by atoms with Gasteiger partial charge in [0, 0.05) is 30.2 Å². The summed E-state index contributed by atoms with van der Waals surface area (Å²) >= 11 is 0. The molecule has 0 unspecified atom stereocenters. The van der Waals surface area contributed by atoms with E-state index >= 15 is 0 Å². The number of fused-ring (bicyclic) bond motifs is 1. The van der Waals surface area contributed by atoms with E-state index in [1.165, 1.54) is 6.07 Å². The highest BCUT2D eigenvalue weighted by molar-refractivity contribution is 6.05. The molecule has 4 heterocycles. The van der Waals surface area contributed by atoms with Crippen molar-refractivity contribution in [2.75, 3.05) is 10.6 Å². The minimum Gasteiger partial charge on any atom is -0.350 e. The van der Waals surface area contributed by atoms with Gasteiger partial charge >= 0.3 is 0 Å². The molecule has 0 fully saturated rings. The van der Waals surface area contributed by atoms with Crippen molar-refractivity contribution in [1.29, 1.82) is 0 Å². The van der Waals surface area contributed by atoms with Crippen molar-refractivity contribution in [2.24, 2.45) is 0 Å². The van der Waals surface area contributed by atoms with Crippen LogP contribution in [0.25, 0.3) is 22.4 Å². The monoisotopic (exact) mass is 466 g/mol. The standard InChI is InChI=1S/C25H22N8O2/c1-15(2)33-14-27-32-24(33)19-7-4-8-22(31-19)30-18-6-3-5-17-23(18)21(34)13-20(29-17)25(35)28-16-9-11-26-12-10-16/h3-15H,1-2H3,(H,29,34)(H,30,31)(H,26,28,35). The first-order chi connectivity index (χ1) is 17.0. The summed E-state index contributed by atoms with van der Waals surface area (Å²) < 4.78 is 1.94. The summed E-state index contributed by atoms with van der Waals surface area (Å²) in [6.07, 6.45) is 4.83. The Balaban J connectivity index is 1.46. The number of hydrogen-bond acceptors (Lipinski definition) is 7. The van der Waals surface area contributed by atoms with Crippen LogP contribution in [-0.4, -0.2) is 35.6 Å². The highest BCUT2D eigenvalue weighted by atomic mass is 16.2. The van der Waals surface area contributed by atoms with Gasteiger partial charge in [-0.3, -0.25) is 14.6 Å². The highest BCUT2D eigenvalue weighted by Gasteiger charge is 2.15. The van der Waals surface area contributed by atoms with E-state index in [1.807, 2.05) is 36.6 Å². The Morgan fingerprint density at radius 3 is 2.66 bits per heavy atom. The molecule has 10 heteroatoms.